The summed E-state index contributed by atoms with van der Waals surface area (Å²) in [6.45, 7) is 5.40. The molecule has 0 saturated carbocycles. The fraction of sp³-hybridized carbons (Fsp3) is 0.600. The third-order valence-corrected chi connectivity index (χ3v) is 2.54. The highest BCUT2D eigenvalue weighted by Gasteiger charge is 2.09. The Morgan fingerprint density at radius 1 is 1.40 bits per heavy atom. The van der Waals surface area contributed by atoms with Crippen molar-refractivity contribution in [3.05, 3.63) is 18.0 Å². The van der Waals surface area contributed by atoms with Gasteiger partial charge in [-0.25, -0.2) is 0 Å². The summed E-state index contributed by atoms with van der Waals surface area (Å²) in [6.07, 6.45) is 4.18. The Balaban J connectivity index is 1.79. The van der Waals surface area contributed by atoms with Gasteiger partial charge in [-0.1, -0.05) is 0 Å². The van der Waals surface area contributed by atoms with Crippen molar-refractivity contribution in [1.82, 2.24) is 14.7 Å². The maximum atomic E-state index is 10.4. The Hall–Kier alpha value is -1.20. The van der Waals surface area contributed by atoms with Gasteiger partial charge < -0.3 is 4.74 Å². The Kier molecular flexibility index (Phi) is 3.47. The topological polar surface area (TPSA) is 47.4 Å². The molecule has 15 heavy (non-hydrogen) atoms. The zero-order valence-electron chi connectivity index (χ0n) is 8.63. The van der Waals surface area contributed by atoms with Crippen LogP contribution >= 0.6 is 0 Å². The molecule has 5 heteroatoms. The van der Waals surface area contributed by atoms with E-state index in [-0.39, 0.29) is 0 Å². The Labute approximate surface area is 88.6 Å². The van der Waals surface area contributed by atoms with Crippen LogP contribution in [0.2, 0.25) is 0 Å². The number of rotatable bonds is 4. The standard InChI is InChI=1S/C10H15N3O2/c14-9-10-7-11-13(8-10)2-1-12-3-5-15-6-4-12/h7-9H,1-6H2. The third kappa shape index (κ3) is 2.87. The van der Waals surface area contributed by atoms with Crippen LogP contribution in [-0.2, 0) is 11.3 Å². The van der Waals surface area contributed by atoms with Crippen LogP contribution in [0.3, 0.4) is 0 Å². The van der Waals surface area contributed by atoms with Crippen LogP contribution in [0.15, 0.2) is 12.4 Å². The first-order valence-electron chi connectivity index (χ1n) is 5.16. The van der Waals surface area contributed by atoms with Crippen molar-refractivity contribution < 1.29 is 9.53 Å². The minimum absolute atomic E-state index is 0.636. The van der Waals surface area contributed by atoms with Gasteiger partial charge in [0.25, 0.3) is 0 Å². The molecule has 0 spiro atoms. The minimum atomic E-state index is 0.636. The number of nitrogens with zero attached hydrogens (tertiary/aromatic N) is 3. The molecular formula is C10H15N3O2. The smallest absolute Gasteiger partial charge is 0.153 e. The summed E-state index contributed by atoms with van der Waals surface area (Å²) in [6, 6.07) is 0. The molecule has 0 N–H and O–H groups in total. The largest absolute Gasteiger partial charge is 0.379 e. The normalized spacial score (nSPS) is 17.9. The highest BCUT2D eigenvalue weighted by atomic mass is 16.5. The van der Waals surface area contributed by atoms with Gasteiger partial charge in [0.15, 0.2) is 6.29 Å². The maximum absolute atomic E-state index is 10.4. The monoisotopic (exact) mass is 209 g/mol. The van der Waals surface area contributed by atoms with Crippen LogP contribution in [0, 0.1) is 0 Å². The second-order valence-electron chi connectivity index (χ2n) is 3.61. The zero-order valence-corrected chi connectivity index (χ0v) is 8.63. The number of aromatic nitrogens is 2. The molecule has 1 aromatic rings. The molecule has 5 nitrogen and oxygen atoms in total. The van der Waals surface area contributed by atoms with Crippen LogP contribution in [0.4, 0.5) is 0 Å². The van der Waals surface area contributed by atoms with E-state index >= 15 is 0 Å². The van der Waals surface area contributed by atoms with Crippen molar-refractivity contribution in [3.8, 4) is 0 Å². The predicted octanol–water partition coefficient (Wildman–Crippen LogP) is 0.0278. The van der Waals surface area contributed by atoms with Gasteiger partial charge in [-0.3, -0.25) is 14.4 Å². The van der Waals surface area contributed by atoms with E-state index in [0.29, 0.717) is 5.56 Å². The van der Waals surface area contributed by atoms with Crippen molar-refractivity contribution >= 4 is 6.29 Å². The first kappa shape index (κ1) is 10.3. The van der Waals surface area contributed by atoms with Gasteiger partial charge in [0, 0.05) is 25.8 Å². The number of aldehydes is 1. The lowest BCUT2D eigenvalue weighted by Gasteiger charge is -2.26. The van der Waals surface area contributed by atoms with Crippen molar-refractivity contribution in [1.29, 1.82) is 0 Å². The van der Waals surface area contributed by atoms with E-state index in [0.717, 1.165) is 45.7 Å². The minimum Gasteiger partial charge on any atom is -0.379 e. The lowest BCUT2D eigenvalue weighted by atomic mass is 10.4. The zero-order chi connectivity index (χ0) is 10.5. The van der Waals surface area contributed by atoms with Gasteiger partial charge in [0.2, 0.25) is 0 Å². The first-order valence-corrected chi connectivity index (χ1v) is 5.16. The number of morpholine rings is 1. The Morgan fingerprint density at radius 2 is 2.20 bits per heavy atom. The average molecular weight is 209 g/mol. The van der Waals surface area contributed by atoms with Gasteiger partial charge >= 0.3 is 0 Å². The van der Waals surface area contributed by atoms with Crippen LogP contribution in [0.5, 0.6) is 0 Å². The third-order valence-electron chi connectivity index (χ3n) is 2.54. The molecule has 1 aliphatic rings. The lowest BCUT2D eigenvalue weighted by molar-refractivity contribution is 0.0360. The molecule has 0 atom stereocenters. The average Bonchev–Trinajstić information content (AvgIpc) is 2.76. The number of hydrogen-bond donors (Lipinski definition) is 0. The van der Waals surface area contributed by atoms with Crippen LogP contribution in [0.25, 0.3) is 0 Å². The van der Waals surface area contributed by atoms with Crippen molar-refractivity contribution in [3.63, 3.8) is 0 Å². The molecule has 0 amide bonds. The molecule has 0 unspecified atom stereocenters. The summed E-state index contributed by atoms with van der Waals surface area (Å²) < 4.78 is 7.07. The summed E-state index contributed by atoms with van der Waals surface area (Å²) in [4.78, 5) is 12.8. The summed E-state index contributed by atoms with van der Waals surface area (Å²) in [7, 11) is 0. The van der Waals surface area contributed by atoms with Gasteiger partial charge in [-0.2, -0.15) is 5.10 Å². The van der Waals surface area contributed by atoms with Crippen molar-refractivity contribution in [2.24, 2.45) is 0 Å². The first-order chi connectivity index (χ1) is 7.38. The molecular weight excluding hydrogens is 194 g/mol. The van der Waals surface area contributed by atoms with Crippen LogP contribution in [-0.4, -0.2) is 53.8 Å². The number of carbonyl (C=O) groups is 1. The molecule has 1 aromatic heterocycles. The van der Waals surface area contributed by atoms with Crippen LogP contribution in [0.1, 0.15) is 10.4 Å². The van der Waals surface area contributed by atoms with E-state index in [1.165, 1.54) is 0 Å². The fourth-order valence-electron chi connectivity index (χ4n) is 1.63. The van der Waals surface area contributed by atoms with Crippen LogP contribution < -0.4 is 0 Å². The fourth-order valence-corrected chi connectivity index (χ4v) is 1.63. The van der Waals surface area contributed by atoms with E-state index in [2.05, 4.69) is 10.00 Å². The van der Waals surface area contributed by atoms with E-state index in [9.17, 15) is 4.79 Å². The maximum Gasteiger partial charge on any atom is 0.153 e. The van der Waals surface area contributed by atoms with E-state index in [4.69, 9.17) is 4.74 Å². The molecule has 0 bridgehead atoms. The molecule has 1 aliphatic heterocycles. The second kappa shape index (κ2) is 5.04. The van der Waals surface area contributed by atoms with Crippen molar-refractivity contribution in [2.45, 2.75) is 6.54 Å². The molecule has 2 rings (SSSR count). The number of carbonyl (C=O) groups excluding carboxylic acids is 1. The predicted molar refractivity (Wildman–Crippen MR) is 54.9 cm³/mol. The van der Waals surface area contributed by atoms with Gasteiger partial charge in [-0.05, 0) is 0 Å². The van der Waals surface area contributed by atoms with Crippen molar-refractivity contribution in [2.75, 3.05) is 32.8 Å². The highest BCUT2D eigenvalue weighted by Crippen LogP contribution is 1.98. The lowest BCUT2D eigenvalue weighted by Crippen LogP contribution is -2.38. The Morgan fingerprint density at radius 3 is 2.87 bits per heavy atom. The molecule has 0 radical (unpaired) electrons. The summed E-state index contributed by atoms with van der Waals surface area (Å²) in [5.41, 5.74) is 0.636. The number of hydrogen-bond acceptors (Lipinski definition) is 4. The van der Waals surface area contributed by atoms with Gasteiger partial charge in [0.05, 0.1) is 31.5 Å². The van der Waals surface area contributed by atoms with E-state index in [1.807, 2.05) is 0 Å². The molecule has 1 fully saturated rings. The summed E-state index contributed by atoms with van der Waals surface area (Å²) >= 11 is 0. The van der Waals surface area contributed by atoms with E-state index < -0.39 is 0 Å². The Bertz CT molecular complexity index is 318. The van der Waals surface area contributed by atoms with E-state index in [1.54, 1.807) is 17.1 Å². The highest BCUT2D eigenvalue weighted by molar-refractivity contribution is 5.73. The second-order valence-corrected chi connectivity index (χ2v) is 3.61. The summed E-state index contributed by atoms with van der Waals surface area (Å²) in [5.74, 6) is 0. The summed E-state index contributed by atoms with van der Waals surface area (Å²) in [5, 5.41) is 4.10. The molecule has 0 aliphatic carbocycles. The quantitative estimate of drug-likeness (QED) is 0.656. The molecule has 2 heterocycles. The molecule has 0 aromatic carbocycles. The van der Waals surface area contributed by atoms with Gasteiger partial charge in [0.1, 0.15) is 0 Å². The number of ether oxygens (including phenoxy) is 1. The molecule has 82 valence electrons. The van der Waals surface area contributed by atoms with Gasteiger partial charge in [-0.15, -0.1) is 0 Å². The SMILES string of the molecule is O=Cc1cnn(CCN2CCOCC2)c1. The molecule has 1 saturated heterocycles.